The summed E-state index contributed by atoms with van der Waals surface area (Å²) in [5, 5.41) is 14.0. The molecule has 0 bridgehead atoms. The largest absolute Gasteiger partial charge is 0.489 e. The van der Waals surface area contributed by atoms with Crippen LogP contribution in [-0.4, -0.2) is 24.1 Å². The van der Waals surface area contributed by atoms with Crippen molar-refractivity contribution in [2.75, 3.05) is 12.4 Å². The number of allylic oxidation sites excluding steroid dienone is 3. The maximum Gasteiger partial charge on any atom is 0.316 e. The van der Waals surface area contributed by atoms with E-state index in [1.165, 1.54) is 11.8 Å². The first-order chi connectivity index (χ1) is 16.6. The molecule has 0 amide bonds. The molecule has 0 aromatic heterocycles. The molecule has 1 atom stereocenters. The van der Waals surface area contributed by atoms with Gasteiger partial charge in [0.05, 0.1) is 34.9 Å². The van der Waals surface area contributed by atoms with Gasteiger partial charge in [0.2, 0.25) is 0 Å². The Labute approximate surface area is 203 Å². The number of thioether (sulfide) groups is 1. The number of nitrogens with zero attached hydrogens (tertiary/aromatic N) is 1. The van der Waals surface area contributed by atoms with Gasteiger partial charge in [0.25, 0.3) is 0 Å². The fourth-order valence-corrected chi connectivity index (χ4v) is 5.06. The van der Waals surface area contributed by atoms with Gasteiger partial charge in [-0.25, -0.2) is 0 Å². The Kier molecular flexibility index (Phi) is 7.71. The standard InChI is InChI=1S/C27H26N2O4S/c1-2-32-24(31)17-34-27-21(15-28)25(26-22(29-27)9-6-10-23(26)30)19-11-13-20(14-12-19)33-16-18-7-4-3-5-8-18/h3-5,7-8,11-14,25,29H,2,6,9-10,16-17H2,1H3/t25-/m0/s1. The number of nitrogens with one attached hydrogen (secondary N) is 1. The number of carbonyl (C=O) groups is 2. The summed E-state index contributed by atoms with van der Waals surface area (Å²) >= 11 is 1.24. The van der Waals surface area contributed by atoms with E-state index in [2.05, 4.69) is 11.4 Å². The first-order valence-corrected chi connectivity index (χ1v) is 12.3. The zero-order valence-corrected chi connectivity index (χ0v) is 19.8. The van der Waals surface area contributed by atoms with Crippen LogP contribution in [0, 0.1) is 11.3 Å². The highest BCUT2D eigenvalue weighted by atomic mass is 32.2. The molecule has 0 saturated heterocycles. The summed E-state index contributed by atoms with van der Waals surface area (Å²) in [6.07, 6.45) is 1.97. The molecule has 7 heteroatoms. The Morgan fingerprint density at radius 1 is 1.15 bits per heavy atom. The highest BCUT2D eigenvalue weighted by Crippen LogP contribution is 2.44. The second kappa shape index (κ2) is 11.1. The molecule has 4 rings (SSSR count). The third kappa shape index (κ3) is 5.35. The normalized spacial score (nSPS) is 17.5. The molecule has 2 aliphatic rings. The van der Waals surface area contributed by atoms with Gasteiger partial charge in [0.1, 0.15) is 12.4 Å². The van der Waals surface area contributed by atoms with E-state index in [4.69, 9.17) is 9.47 Å². The molecule has 0 fully saturated rings. The molecular formula is C27H26N2O4S. The number of dihydropyridines is 1. The molecule has 0 radical (unpaired) electrons. The van der Waals surface area contributed by atoms with E-state index in [1.54, 1.807) is 6.92 Å². The quantitative estimate of drug-likeness (QED) is 0.539. The summed E-state index contributed by atoms with van der Waals surface area (Å²) in [6.45, 7) is 2.52. The van der Waals surface area contributed by atoms with Crippen LogP contribution in [0.25, 0.3) is 0 Å². The lowest BCUT2D eigenvalue weighted by atomic mass is 9.77. The molecule has 1 N–H and O–H groups in total. The van der Waals surface area contributed by atoms with Gasteiger partial charge >= 0.3 is 5.97 Å². The molecule has 34 heavy (non-hydrogen) atoms. The van der Waals surface area contributed by atoms with Gasteiger partial charge in [-0.2, -0.15) is 5.26 Å². The van der Waals surface area contributed by atoms with E-state index in [9.17, 15) is 14.9 Å². The summed E-state index contributed by atoms with van der Waals surface area (Å²) in [7, 11) is 0. The second-order valence-corrected chi connectivity index (χ2v) is 9.00. The van der Waals surface area contributed by atoms with Crippen molar-refractivity contribution in [1.82, 2.24) is 5.32 Å². The van der Waals surface area contributed by atoms with Crippen LogP contribution in [0.1, 0.15) is 43.2 Å². The molecule has 0 saturated carbocycles. The number of nitriles is 1. The van der Waals surface area contributed by atoms with Gasteiger partial charge in [-0.3, -0.25) is 9.59 Å². The first kappa shape index (κ1) is 23.7. The molecule has 2 aromatic rings. The third-order valence-electron chi connectivity index (χ3n) is 5.76. The fourth-order valence-electron chi connectivity index (χ4n) is 4.20. The maximum absolute atomic E-state index is 12.9. The van der Waals surface area contributed by atoms with Crippen molar-refractivity contribution in [3.05, 3.63) is 87.6 Å². The van der Waals surface area contributed by atoms with Crippen molar-refractivity contribution in [3.8, 4) is 11.8 Å². The van der Waals surface area contributed by atoms with Gasteiger partial charge in [-0.05, 0) is 43.0 Å². The summed E-state index contributed by atoms with van der Waals surface area (Å²) < 4.78 is 10.9. The van der Waals surface area contributed by atoms with Crippen molar-refractivity contribution in [2.24, 2.45) is 0 Å². The maximum atomic E-state index is 12.9. The highest BCUT2D eigenvalue weighted by Gasteiger charge is 2.37. The van der Waals surface area contributed by atoms with Crippen molar-refractivity contribution in [1.29, 1.82) is 5.26 Å². The Bertz CT molecular complexity index is 1160. The van der Waals surface area contributed by atoms with Crippen LogP contribution in [-0.2, 0) is 20.9 Å². The van der Waals surface area contributed by atoms with Crippen LogP contribution in [0.2, 0.25) is 0 Å². The molecule has 2 aromatic carbocycles. The SMILES string of the molecule is CCOC(=O)CSC1=C(C#N)[C@H](c2ccc(OCc3ccccc3)cc2)C2=C(CCCC2=O)N1. The molecule has 1 heterocycles. The van der Waals surface area contributed by atoms with E-state index in [0.29, 0.717) is 41.6 Å². The molecule has 174 valence electrons. The number of benzene rings is 2. The number of carbonyl (C=O) groups excluding carboxylic acids is 2. The van der Waals surface area contributed by atoms with Crippen molar-refractivity contribution >= 4 is 23.5 Å². The predicted octanol–water partition coefficient (Wildman–Crippen LogP) is 4.99. The smallest absolute Gasteiger partial charge is 0.316 e. The summed E-state index contributed by atoms with van der Waals surface area (Å²) in [5.74, 6) is 0.0594. The zero-order valence-electron chi connectivity index (χ0n) is 19.0. The summed E-state index contributed by atoms with van der Waals surface area (Å²) in [5.41, 5.74) is 3.87. The van der Waals surface area contributed by atoms with Gasteiger partial charge in [0, 0.05) is 17.7 Å². The Morgan fingerprint density at radius 3 is 2.62 bits per heavy atom. The molecule has 1 aliphatic carbocycles. The second-order valence-electron chi connectivity index (χ2n) is 8.02. The lowest BCUT2D eigenvalue weighted by molar-refractivity contribution is -0.139. The van der Waals surface area contributed by atoms with Crippen LogP contribution in [0.5, 0.6) is 5.75 Å². The van der Waals surface area contributed by atoms with Gasteiger partial charge in [-0.1, -0.05) is 54.2 Å². The van der Waals surface area contributed by atoms with Crippen LogP contribution in [0.4, 0.5) is 0 Å². The third-order valence-corrected chi connectivity index (χ3v) is 6.76. The van der Waals surface area contributed by atoms with E-state index < -0.39 is 5.92 Å². The lowest BCUT2D eigenvalue weighted by Crippen LogP contribution is -2.31. The Morgan fingerprint density at radius 2 is 1.91 bits per heavy atom. The van der Waals surface area contributed by atoms with Crippen LogP contribution >= 0.6 is 11.8 Å². The average Bonchev–Trinajstić information content (AvgIpc) is 2.86. The van der Waals surface area contributed by atoms with Crippen LogP contribution in [0.15, 0.2) is 76.5 Å². The van der Waals surface area contributed by atoms with Gasteiger partial charge in [0.15, 0.2) is 5.78 Å². The summed E-state index contributed by atoms with van der Waals surface area (Å²) in [4.78, 5) is 24.8. The minimum atomic E-state index is -0.470. The van der Waals surface area contributed by atoms with Crippen LogP contribution < -0.4 is 10.1 Å². The number of hydrogen-bond donors (Lipinski definition) is 1. The van der Waals surface area contributed by atoms with Crippen molar-refractivity contribution in [2.45, 2.75) is 38.7 Å². The molecule has 6 nitrogen and oxygen atoms in total. The monoisotopic (exact) mass is 474 g/mol. The summed E-state index contributed by atoms with van der Waals surface area (Å²) in [6, 6.07) is 19.8. The van der Waals surface area contributed by atoms with E-state index in [1.807, 2.05) is 54.6 Å². The minimum absolute atomic E-state index is 0.0605. The fraction of sp³-hybridized carbons (Fsp3) is 0.296. The molecular weight excluding hydrogens is 448 g/mol. The lowest BCUT2D eigenvalue weighted by Gasteiger charge is -2.33. The zero-order chi connectivity index (χ0) is 23.9. The predicted molar refractivity (Wildman–Crippen MR) is 131 cm³/mol. The number of rotatable bonds is 8. The van der Waals surface area contributed by atoms with Gasteiger partial charge < -0.3 is 14.8 Å². The minimum Gasteiger partial charge on any atom is -0.489 e. The van der Waals surface area contributed by atoms with Gasteiger partial charge in [-0.15, -0.1) is 0 Å². The Hall–Kier alpha value is -3.50. The van der Waals surface area contributed by atoms with Crippen LogP contribution in [0.3, 0.4) is 0 Å². The molecule has 0 unspecified atom stereocenters. The number of Topliss-reactive ketones (excluding diaryl/α,β-unsaturated/α-hetero) is 1. The van der Waals surface area contributed by atoms with E-state index in [-0.39, 0.29) is 17.5 Å². The average molecular weight is 475 g/mol. The molecule has 1 aliphatic heterocycles. The first-order valence-electron chi connectivity index (χ1n) is 11.3. The number of ether oxygens (including phenoxy) is 2. The Balaban J connectivity index is 1.61. The topological polar surface area (TPSA) is 88.4 Å². The van der Waals surface area contributed by atoms with Crippen molar-refractivity contribution in [3.63, 3.8) is 0 Å². The highest BCUT2D eigenvalue weighted by molar-refractivity contribution is 8.03. The van der Waals surface area contributed by atoms with E-state index >= 15 is 0 Å². The number of esters is 1. The number of hydrogen-bond acceptors (Lipinski definition) is 7. The molecule has 0 spiro atoms. The van der Waals surface area contributed by atoms with E-state index in [0.717, 1.165) is 29.7 Å². The number of ketones is 1. The van der Waals surface area contributed by atoms with Crippen molar-refractivity contribution < 1.29 is 19.1 Å².